The summed E-state index contributed by atoms with van der Waals surface area (Å²) in [6.07, 6.45) is 7.67. The number of aliphatic hydroxyl groups is 1. The molecule has 1 aliphatic carbocycles. The highest BCUT2D eigenvalue weighted by molar-refractivity contribution is 5.79. The lowest BCUT2D eigenvalue weighted by Crippen LogP contribution is -2.49. The van der Waals surface area contributed by atoms with E-state index in [0.29, 0.717) is 37.3 Å². The molecule has 2 N–H and O–H groups in total. The maximum Gasteiger partial charge on any atom is 0.224 e. The number of carbonyl (C=O) groups excluding carboxylic acids is 1. The van der Waals surface area contributed by atoms with Crippen LogP contribution >= 0.6 is 0 Å². The molecular weight excluding hydrogens is 406 g/mol. The number of carbonyl (C=O) groups is 1. The second-order valence-electron chi connectivity index (χ2n) is 9.89. The fraction of sp³-hybridized carbons (Fsp3) is 0.720. The van der Waals surface area contributed by atoms with Gasteiger partial charge in [-0.05, 0) is 69.4 Å². The van der Waals surface area contributed by atoms with Crippen LogP contribution in [-0.2, 0) is 4.79 Å². The van der Waals surface area contributed by atoms with Gasteiger partial charge in [0.25, 0.3) is 0 Å². The van der Waals surface area contributed by atoms with Crippen LogP contribution in [0.1, 0.15) is 56.6 Å². The second kappa shape index (κ2) is 9.98. The highest BCUT2D eigenvalue weighted by Gasteiger charge is 2.35. The lowest BCUT2D eigenvalue weighted by molar-refractivity contribution is -0.126. The fourth-order valence-corrected chi connectivity index (χ4v) is 5.85. The van der Waals surface area contributed by atoms with E-state index in [2.05, 4.69) is 15.1 Å². The van der Waals surface area contributed by atoms with Crippen molar-refractivity contribution in [3.63, 3.8) is 0 Å². The Balaban J connectivity index is 1.26. The third-order valence-corrected chi connectivity index (χ3v) is 7.70. The monoisotopic (exact) mass is 443 g/mol. The van der Waals surface area contributed by atoms with Crippen molar-refractivity contribution in [1.29, 1.82) is 0 Å². The van der Waals surface area contributed by atoms with Crippen LogP contribution in [0.4, 0.5) is 0 Å². The van der Waals surface area contributed by atoms with Gasteiger partial charge in [-0.1, -0.05) is 18.9 Å². The van der Waals surface area contributed by atoms with Gasteiger partial charge in [0, 0.05) is 19.1 Å². The Hall–Kier alpha value is -1.83. The predicted octanol–water partition coefficient (Wildman–Crippen LogP) is 2.34. The number of amides is 1. The van der Waals surface area contributed by atoms with Gasteiger partial charge in [0.1, 0.15) is 19.3 Å². The molecule has 5 rings (SSSR count). The fourth-order valence-electron chi connectivity index (χ4n) is 5.85. The van der Waals surface area contributed by atoms with Gasteiger partial charge < -0.3 is 24.8 Å². The van der Waals surface area contributed by atoms with E-state index in [1.165, 1.54) is 38.5 Å². The molecule has 1 unspecified atom stereocenters. The zero-order chi connectivity index (χ0) is 21.9. The molecule has 0 bridgehead atoms. The first-order valence-electron chi connectivity index (χ1n) is 12.5. The number of fused-ring (bicyclic) bond motifs is 1. The average molecular weight is 444 g/mol. The molecule has 1 aromatic rings. The van der Waals surface area contributed by atoms with Crippen LogP contribution in [0.25, 0.3) is 0 Å². The number of likely N-dealkylation sites (tertiary alicyclic amines) is 2. The topological polar surface area (TPSA) is 74.3 Å². The first-order valence-corrected chi connectivity index (χ1v) is 12.5. The molecule has 2 saturated heterocycles. The molecule has 1 amide bonds. The molecule has 32 heavy (non-hydrogen) atoms. The minimum absolute atomic E-state index is 0.0177. The van der Waals surface area contributed by atoms with Crippen LogP contribution in [0, 0.1) is 5.92 Å². The standard InChI is InChI=1S/C25H37N3O4/c29-24(18-7-8-22-23(15-18)32-14-13-31-22)21(17-27-10-3-4-11-27)26-25(30)19-9-12-28(16-19)20-5-1-2-6-20/h7-8,15,19-21,24,29H,1-6,9-14,16-17H2,(H,26,30)/t19?,21-,24-/m1/s1. The van der Waals surface area contributed by atoms with Crippen molar-refractivity contribution >= 4 is 5.91 Å². The summed E-state index contributed by atoms with van der Waals surface area (Å²) < 4.78 is 11.3. The zero-order valence-corrected chi connectivity index (χ0v) is 19.0. The van der Waals surface area contributed by atoms with Crippen LogP contribution < -0.4 is 14.8 Å². The van der Waals surface area contributed by atoms with Gasteiger partial charge in [-0.25, -0.2) is 0 Å². The maximum absolute atomic E-state index is 13.2. The number of aliphatic hydroxyl groups excluding tert-OH is 1. The van der Waals surface area contributed by atoms with E-state index in [1.54, 1.807) is 0 Å². The molecule has 3 fully saturated rings. The molecule has 1 saturated carbocycles. The van der Waals surface area contributed by atoms with E-state index in [-0.39, 0.29) is 17.9 Å². The molecule has 3 heterocycles. The lowest BCUT2D eigenvalue weighted by Gasteiger charge is -2.30. The van der Waals surface area contributed by atoms with E-state index in [9.17, 15) is 9.90 Å². The number of ether oxygens (including phenoxy) is 2. The summed E-state index contributed by atoms with van der Waals surface area (Å²) in [6, 6.07) is 5.93. The van der Waals surface area contributed by atoms with Crippen LogP contribution in [0.5, 0.6) is 11.5 Å². The molecule has 0 aromatic heterocycles. The quantitative estimate of drug-likeness (QED) is 0.674. The SMILES string of the molecule is O=C(N[C@H](CN1CCCC1)[C@H](O)c1ccc2c(c1)OCCO2)C1CCN(C2CCCC2)C1. The van der Waals surface area contributed by atoms with Crippen molar-refractivity contribution in [3.05, 3.63) is 23.8 Å². The molecule has 7 nitrogen and oxygen atoms in total. The van der Waals surface area contributed by atoms with Gasteiger partial charge in [-0.3, -0.25) is 9.69 Å². The van der Waals surface area contributed by atoms with Crippen molar-refractivity contribution in [2.45, 2.75) is 63.1 Å². The summed E-state index contributed by atoms with van der Waals surface area (Å²) in [4.78, 5) is 18.1. The Bertz CT molecular complexity index is 791. The predicted molar refractivity (Wildman–Crippen MR) is 122 cm³/mol. The Morgan fingerprint density at radius 3 is 2.56 bits per heavy atom. The van der Waals surface area contributed by atoms with E-state index in [4.69, 9.17) is 9.47 Å². The van der Waals surface area contributed by atoms with E-state index >= 15 is 0 Å². The summed E-state index contributed by atoms with van der Waals surface area (Å²) in [6.45, 7) is 5.65. The molecule has 1 aromatic carbocycles. The Morgan fingerprint density at radius 1 is 1.03 bits per heavy atom. The highest BCUT2D eigenvalue weighted by atomic mass is 16.6. The van der Waals surface area contributed by atoms with Crippen LogP contribution in [0.15, 0.2) is 18.2 Å². The zero-order valence-electron chi connectivity index (χ0n) is 19.0. The summed E-state index contributed by atoms with van der Waals surface area (Å²) in [5, 5.41) is 14.6. The maximum atomic E-state index is 13.2. The van der Waals surface area contributed by atoms with Gasteiger partial charge in [-0.15, -0.1) is 0 Å². The van der Waals surface area contributed by atoms with Crippen molar-refractivity contribution < 1.29 is 19.4 Å². The minimum Gasteiger partial charge on any atom is -0.486 e. The molecule has 176 valence electrons. The molecular formula is C25H37N3O4. The lowest BCUT2D eigenvalue weighted by atomic mass is 9.99. The van der Waals surface area contributed by atoms with Gasteiger partial charge >= 0.3 is 0 Å². The highest BCUT2D eigenvalue weighted by Crippen LogP contribution is 2.34. The largest absolute Gasteiger partial charge is 0.486 e. The van der Waals surface area contributed by atoms with Crippen LogP contribution in [0.3, 0.4) is 0 Å². The van der Waals surface area contributed by atoms with Gasteiger partial charge in [-0.2, -0.15) is 0 Å². The van der Waals surface area contributed by atoms with E-state index in [0.717, 1.165) is 38.2 Å². The smallest absolute Gasteiger partial charge is 0.224 e. The number of hydrogen-bond acceptors (Lipinski definition) is 6. The number of hydrogen-bond donors (Lipinski definition) is 2. The minimum atomic E-state index is -0.789. The van der Waals surface area contributed by atoms with Crippen LogP contribution in [-0.4, -0.2) is 78.8 Å². The summed E-state index contributed by atoms with van der Waals surface area (Å²) >= 11 is 0. The van der Waals surface area contributed by atoms with E-state index in [1.807, 2.05) is 18.2 Å². The average Bonchev–Trinajstić information content (AvgIpc) is 3.60. The summed E-state index contributed by atoms with van der Waals surface area (Å²) in [7, 11) is 0. The number of nitrogens with zero attached hydrogens (tertiary/aromatic N) is 2. The number of nitrogens with one attached hydrogen (secondary N) is 1. The molecule has 0 radical (unpaired) electrons. The summed E-state index contributed by atoms with van der Waals surface area (Å²) in [5.74, 6) is 1.49. The third-order valence-electron chi connectivity index (χ3n) is 7.70. The normalized spacial score (nSPS) is 26.3. The molecule has 3 atom stereocenters. The molecule has 7 heteroatoms. The Labute approximate surface area is 191 Å². The van der Waals surface area contributed by atoms with Crippen molar-refractivity contribution in [2.75, 3.05) is 45.9 Å². The Morgan fingerprint density at radius 2 is 1.78 bits per heavy atom. The molecule has 4 aliphatic rings. The Kier molecular flexibility index (Phi) is 6.85. The first-order chi connectivity index (χ1) is 15.7. The third kappa shape index (κ3) is 4.90. The van der Waals surface area contributed by atoms with Crippen molar-refractivity contribution in [3.8, 4) is 11.5 Å². The molecule has 0 spiro atoms. The van der Waals surface area contributed by atoms with Crippen molar-refractivity contribution in [2.24, 2.45) is 5.92 Å². The summed E-state index contributed by atoms with van der Waals surface area (Å²) in [5.41, 5.74) is 0.762. The van der Waals surface area contributed by atoms with Crippen molar-refractivity contribution in [1.82, 2.24) is 15.1 Å². The number of benzene rings is 1. The van der Waals surface area contributed by atoms with Crippen LogP contribution in [0.2, 0.25) is 0 Å². The van der Waals surface area contributed by atoms with Gasteiger partial charge in [0.15, 0.2) is 11.5 Å². The van der Waals surface area contributed by atoms with Gasteiger partial charge in [0.05, 0.1) is 12.0 Å². The molecule has 3 aliphatic heterocycles. The second-order valence-corrected chi connectivity index (χ2v) is 9.89. The number of rotatable bonds is 7. The first kappa shape index (κ1) is 22.0. The van der Waals surface area contributed by atoms with Gasteiger partial charge in [0.2, 0.25) is 5.91 Å². The van der Waals surface area contributed by atoms with E-state index < -0.39 is 6.10 Å².